The average Bonchev–Trinajstić information content (AvgIpc) is 2.97. The molecule has 0 saturated carbocycles. The third-order valence-electron chi connectivity index (χ3n) is 6.75. The summed E-state index contributed by atoms with van der Waals surface area (Å²) in [4.78, 5) is 82.8. The fraction of sp³-hybridized carbons (Fsp3) is 0.750. The van der Waals surface area contributed by atoms with Gasteiger partial charge in [0.2, 0.25) is 0 Å². The highest BCUT2D eigenvalue weighted by molar-refractivity contribution is 5.79. The van der Waals surface area contributed by atoms with Crippen molar-refractivity contribution in [3.8, 4) is 0 Å². The first kappa shape index (κ1) is 43.7. The highest BCUT2D eigenvalue weighted by atomic mass is 16.6. The van der Waals surface area contributed by atoms with Crippen LogP contribution in [0.25, 0.3) is 9.69 Å². The molecule has 0 radical (unpaired) electrons. The Balaban J connectivity index is 7.27. The number of hydrogen-bond donors (Lipinski definition) is 2. The van der Waals surface area contributed by atoms with E-state index in [1.807, 2.05) is 0 Å². The fourth-order valence-corrected chi connectivity index (χ4v) is 3.91. The quantitative estimate of drug-likeness (QED) is 0.113. The molecule has 4 unspecified atom stereocenters. The molecule has 0 rings (SSSR count). The standard InChI is InChI=1S/C32H48N2O14/c1-15(2)23(33-11)29(39)47-21(13-43-31(41)25(37)17(5)6)27(45-19(9)35)28(46-20(10)36)22(14-44-32(42)26(38)18(7)8)48-30(40)24(34-12)16(3)4/h15-18,21-28,37-38H,13-14H2,1-10H3/t21-,22-,23?,24?,25?,26?,27-,28-/m1/s1. The van der Waals surface area contributed by atoms with Gasteiger partial charge in [-0.15, -0.1) is 0 Å². The molecular weight excluding hydrogens is 636 g/mol. The lowest BCUT2D eigenvalue weighted by Crippen LogP contribution is -2.55. The van der Waals surface area contributed by atoms with E-state index in [4.69, 9.17) is 41.6 Å². The number of aliphatic hydroxyl groups excluding tert-OH is 2. The van der Waals surface area contributed by atoms with E-state index in [0.29, 0.717) is 0 Å². The van der Waals surface area contributed by atoms with Crippen LogP contribution >= 0.6 is 0 Å². The van der Waals surface area contributed by atoms with Gasteiger partial charge in [-0.05, 0) is 11.8 Å². The molecule has 0 aromatic rings. The molecule has 0 bridgehead atoms. The van der Waals surface area contributed by atoms with E-state index < -0.39 is 121 Å². The Hall–Kier alpha value is -4.28. The number of carbonyl (C=O) groups is 6. The Morgan fingerprint density at radius 1 is 0.521 bits per heavy atom. The Morgan fingerprint density at radius 3 is 1.02 bits per heavy atom. The molecule has 0 amide bonds. The van der Waals surface area contributed by atoms with Crippen LogP contribution in [0.4, 0.5) is 0 Å². The number of aliphatic hydroxyl groups is 2. The van der Waals surface area contributed by atoms with E-state index in [2.05, 4.69) is 9.69 Å². The molecule has 0 aliphatic rings. The summed E-state index contributed by atoms with van der Waals surface area (Å²) >= 11 is 0. The minimum Gasteiger partial charge on any atom is -0.460 e. The van der Waals surface area contributed by atoms with Gasteiger partial charge in [0.15, 0.2) is 36.6 Å². The summed E-state index contributed by atoms with van der Waals surface area (Å²) in [5.74, 6) is -9.02. The molecular formula is C32H48N2O14. The van der Waals surface area contributed by atoms with E-state index in [1.54, 1.807) is 27.7 Å². The van der Waals surface area contributed by atoms with Gasteiger partial charge in [0.1, 0.15) is 13.2 Å². The molecule has 0 aromatic heterocycles. The van der Waals surface area contributed by atoms with Crippen LogP contribution in [0, 0.1) is 36.8 Å². The summed E-state index contributed by atoms with van der Waals surface area (Å²) in [5.41, 5.74) is 0. The van der Waals surface area contributed by atoms with Crippen molar-refractivity contribution in [3.05, 3.63) is 22.8 Å². The third kappa shape index (κ3) is 14.2. The average molecular weight is 685 g/mol. The Bertz CT molecular complexity index is 1110. The molecule has 8 atom stereocenters. The maximum atomic E-state index is 13.2. The van der Waals surface area contributed by atoms with Gasteiger partial charge in [-0.1, -0.05) is 55.4 Å². The van der Waals surface area contributed by atoms with Gasteiger partial charge < -0.3 is 48.3 Å². The normalized spacial score (nSPS) is 16.2. The van der Waals surface area contributed by atoms with Crippen LogP contribution < -0.4 is 0 Å². The molecule has 2 N–H and O–H groups in total. The SMILES string of the molecule is [C-]#[N+]C(C(=O)O[C@H](COC(=O)C(O)C(C)C)[C@@H](OC(C)=O)[C@H](OC(C)=O)[C@@H](COC(=O)C(O)C(C)C)OC(=O)C([N+]#[C-])C(C)C)C(C)C. The molecule has 0 saturated heterocycles. The van der Waals surface area contributed by atoms with Gasteiger partial charge >= 0.3 is 47.9 Å². The maximum absolute atomic E-state index is 13.2. The van der Waals surface area contributed by atoms with Crippen molar-refractivity contribution in [2.24, 2.45) is 23.7 Å². The van der Waals surface area contributed by atoms with Crippen molar-refractivity contribution in [1.82, 2.24) is 0 Å². The maximum Gasteiger partial charge on any atom is 0.391 e. The van der Waals surface area contributed by atoms with Gasteiger partial charge in [0.05, 0.1) is 0 Å². The highest BCUT2D eigenvalue weighted by Crippen LogP contribution is 2.24. The van der Waals surface area contributed by atoms with Gasteiger partial charge in [0, 0.05) is 25.7 Å². The fourth-order valence-electron chi connectivity index (χ4n) is 3.91. The van der Waals surface area contributed by atoms with Crippen molar-refractivity contribution < 1.29 is 67.4 Å². The molecule has 0 heterocycles. The van der Waals surface area contributed by atoms with Crippen LogP contribution in [-0.2, 0) is 57.2 Å². The number of rotatable bonds is 19. The summed E-state index contributed by atoms with van der Waals surface area (Å²) in [5, 5.41) is 20.4. The third-order valence-corrected chi connectivity index (χ3v) is 6.75. The summed E-state index contributed by atoms with van der Waals surface area (Å²) in [6.45, 7) is 27.2. The first-order chi connectivity index (χ1) is 22.2. The molecule has 270 valence electrons. The van der Waals surface area contributed by atoms with Crippen LogP contribution in [0.5, 0.6) is 0 Å². The zero-order valence-corrected chi connectivity index (χ0v) is 29.0. The molecule has 0 aromatic carbocycles. The van der Waals surface area contributed by atoms with Crippen LogP contribution in [0.2, 0.25) is 0 Å². The predicted octanol–water partition coefficient (Wildman–Crippen LogP) is 1.68. The minimum absolute atomic E-state index is 0.570. The molecule has 0 fully saturated rings. The Kier molecular flexibility index (Phi) is 19.0. The smallest absolute Gasteiger partial charge is 0.391 e. The lowest BCUT2D eigenvalue weighted by molar-refractivity contribution is -0.210. The predicted molar refractivity (Wildman–Crippen MR) is 165 cm³/mol. The topological polar surface area (TPSA) is 207 Å². The van der Waals surface area contributed by atoms with Crippen molar-refractivity contribution in [2.45, 2.75) is 118 Å². The van der Waals surface area contributed by atoms with Gasteiger partial charge in [-0.3, -0.25) is 9.59 Å². The van der Waals surface area contributed by atoms with Gasteiger partial charge in [0.25, 0.3) is 0 Å². The lowest BCUT2D eigenvalue weighted by atomic mass is 10.0. The second-order valence-corrected chi connectivity index (χ2v) is 12.4. The van der Waals surface area contributed by atoms with Crippen molar-refractivity contribution in [3.63, 3.8) is 0 Å². The molecule has 16 nitrogen and oxygen atoms in total. The highest BCUT2D eigenvalue weighted by Gasteiger charge is 2.48. The molecule has 48 heavy (non-hydrogen) atoms. The number of carbonyl (C=O) groups excluding carboxylic acids is 6. The van der Waals surface area contributed by atoms with Crippen LogP contribution in [0.3, 0.4) is 0 Å². The monoisotopic (exact) mass is 684 g/mol. The molecule has 0 spiro atoms. The van der Waals surface area contributed by atoms with Crippen molar-refractivity contribution >= 4 is 35.8 Å². The summed E-state index contributed by atoms with van der Waals surface area (Å²) in [6.07, 6.45) is -10.9. The molecule has 0 aliphatic heterocycles. The van der Waals surface area contributed by atoms with Crippen LogP contribution in [0.1, 0.15) is 69.2 Å². The van der Waals surface area contributed by atoms with E-state index in [9.17, 15) is 39.0 Å². The van der Waals surface area contributed by atoms with E-state index >= 15 is 0 Å². The molecule has 16 heteroatoms. The first-order valence-electron chi connectivity index (χ1n) is 15.4. The zero-order valence-electron chi connectivity index (χ0n) is 29.0. The summed E-state index contributed by atoms with van der Waals surface area (Å²) < 4.78 is 32.2. The van der Waals surface area contributed by atoms with Crippen LogP contribution in [-0.4, -0.2) is 108 Å². The largest absolute Gasteiger partial charge is 0.460 e. The van der Waals surface area contributed by atoms with Crippen molar-refractivity contribution in [2.75, 3.05) is 13.2 Å². The van der Waals surface area contributed by atoms with E-state index in [0.717, 1.165) is 13.8 Å². The number of nitrogens with zero attached hydrogens (tertiary/aromatic N) is 2. The zero-order chi connectivity index (χ0) is 37.5. The Morgan fingerprint density at radius 2 is 0.812 bits per heavy atom. The summed E-state index contributed by atoms with van der Waals surface area (Å²) in [6, 6.07) is -2.76. The number of esters is 6. The van der Waals surface area contributed by atoms with Gasteiger partial charge in [-0.2, -0.15) is 0 Å². The molecule has 0 aliphatic carbocycles. The van der Waals surface area contributed by atoms with E-state index in [-0.39, 0.29) is 0 Å². The first-order valence-corrected chi connectivity index (χ1v) is 15.4. The Labute approximate surface area is 280 Å². The number of ether oxygens (including phenoxy) is 6. The minimum atomic E-state index is -1.96. The van der Waals surface area contributed by atoms with Crippen LogP contribution in [0.15, 0.2) is 0 Å². The second kappa shape index (κ2) is 20.8. The summed E-state index contributed by atoms with van der Waals surface area (Å²) in [7, 11) is 0. The lowest BCUT2D eigenvalue weighted by Gasteiger charge is -2.35. The number of hydrogen-bond acceptors (Lipinski definition) is 14. The van der Waals surface area contributed by atoms with Gasteiger partial charge in [-0.25, -0.2) is 32.3 Å². The van der Waals surface area contributed by atoms with E-state index in [1.165, 1.54) is 27.7 Å². The van der Waals surface area contributed by atoms with Crippen molar-refractivity contribution in [1.29, 1.82) is 0 Å². The second-order valence-electron chi connectivity index (χ2n) is 12.4.